The Kier molecular flexibility index (Phi) is 5.45. The number of unbranched alkanes of at least 4 members (excludes halogenated alkanes) is 1. The van der Waals surface area contributed by atoms with E-state index >= 15 is 0 Å². The van der Waals surface area contributed by atoms with Crippen molar-refractivity contribution in [2.45, 2.75) is 45.1 Å². The zero-order valence-electron chi connectivity index (χ0n) is 13.0. The van der Waals surface area contributed by atoms with Crippen molar-refractivity contribution in [3.63, 3.8) is 0 Å². The van der Waals surface area contributed by atoms with E-state index in [0.717, 1.165) is 30.6 Å². The van der Waals surface area contributed by atoms with E-state index in [2.05, 4.69) is 10.3 Å². The molecular formula is C16H22FN3OS. The van der Waals surface area contributed by atoms with Gasteiger partial charge in [0.25, 0.3) is 0 Å². The fraction of sp³-hybridized carbons (Fsp3) is 0.500. The van der Waals surface area contributed by atoms with Gasteiger partial charge in [-0.1, -0.05) is 31.2 Å². The number of amidine groups is 1. The van der Waals surface area contributed by atoms with Crippen LogP contribution in [0.1, 0.15) is 45.1 Å². The van der Waals surface area contributed by atoms with Gasteiger partial charge >= 0.3 is 0 Å². The van der Waals surface area contributed by atoms with Gasteiger partial charge in [0.2, 0.25) is 5.91 Å². The van der Waals surface area contributed by atoms with Crippen molar-refractivity contribution >= 4 is 28.5 Å². The Balaban J connectivity index is 2.23. The molecule has 0 saturated heterocycles. The highest BCUT2D eigenvalue weighted by Crippen LogP contribution is 2.36. The summed E-state index contributed by atoms with van der Waals surface area (Å²) in [6.07, 6.45) is 2.95. The molecule has 1 unspecified atom stereocenters. The molecule has 0 saturated carbocycles. The number of carbonyl (C=O) groups excluding carboxylic acids is 1. The maximum absolute atomic E-state index is 13.9. The van der Waals surface area contributed by atoms with Crippen LogP contribution < -0.4 is 11.1 Å². The van der Waals surface area contributed by atoms with Gasteiger partial charge in [0.05, 0.1) is 11.2 Å². The second kappa shape index (κ2) is 7.13. The summed E-state index contributed by atoms with van der Waals surface area (Å²) in [5.41, 5.74) is 6.43. The number of hydrogen-bond donors (Lipinski definition) is 2. The summed E-state index contributed by atoms with van der Waals surface area (Å²) < 4.78 is 13.9. The molecule has 1 atom stereocenters. The van der Waals surface area contributed by atoms with Crippen LogP contribution >= 0.6 is 11.8 Å². The van der Waals surface area contributed by atoms with Crippen molar-refractivity contribution in [3.8, 4) is 0 Å². The van der Waals surface area contributed by atoms with Crippen LogP contribution in [0.3, 0.4) is 0 Å². The van der Waals surface area contributed by atoms with Gasteiger partial charge in [-0.25, -0.2) is 4.39 Å². The molecule has 0 fully saturated rings. The SMILES string of the molecule is CCCCC(=O)Nc1cc(C2(C)CCSC(N)=N2)ccc1F. The highest BCUT2D eigenvalue weighted by Gasteiger charge is 2.30. The quantitative estimate of drug-likeness (QED) is 0.869. The first-order chi connectivity index (χ1) is 10.4. The van der Waals surface area contributed by atoms with Crippen molar-refractivity contribution in [2.24, 2.45) is 10.7 Å². The molecule has 3 N–H and O–H groups in total. The Morgan fingerprint density at radius 3 is 3.00 bits per heavy atom. The normalized spacial score (nSPS) is 21.3. The maximum atomic E-state index is 13.9. The first-order valence-electron chi connectivity index (χ1n) is 7.52. The highest BCUT2D eigenvalue weighted by atomic mass is 32.2. The summed E-state index contributed by atoms with van der Waals surface area (Å²) in [5, 5.41) is 3.20. The summed E-state index contributed by atoms with van der Waals surface area (Å²) >= 11 is 1.53. The molecular weight excluding hydrogens is 301 g/mol. The van der Waals surface area contributed by atoms with Crippen molar-refractivity contribution in [3.05, 3.63) is 29.6 Å². The summed E-state index contributed by atoms with van der Waals surface area (Å²) in [6, 6.07) is 4.76. The Morgan fingerprint density at radius 1 is 1.55 bits per heavy atom. The lowest BCUT2D eigenvalue weighted by molar-refractivity contribution is -0.116. The van der Waals surface area contributed by atoms with Crippen LogP contribution in [-0.4, -0.2) is 16.8 Å². The minimum Gasteiger partial charge on any atom is -0.379 e. The molecule has 0 aliphatic carbocycles. The number of aliphatic imine (C=N–C) groups is 1. The first-order valence-corrected chi connectivity index (χ1v) is 8.51. The third-order valence-corrected chi connectivity index (χ3v) is 4.61. The van der Waals surface area contributed by atoms with Gasteiger partial charge in [-0.15, -0.1) is 0 Å². The van der Waals surface area contributed by atoms with Crippen molar-refractivity contribution < 1.29 is 9.18 Å². The molecule has 6 heteroatoms. The number of hydrogen-bond acceptors (Lipinski definition) is 4. The van der Waals surface area contributed by atoms with Crippen LogP contribution in [0.5, 0.6) is 0 Å². The number of nitrogens with zero attached hydrogens (tertiary/aromatic N) is 1. The smallest absolute Gasteiger partial charge is 0.224 e. The summed E-state index contributed by atoms with van der Waals surface area (Å²) in [7, 11) is 0. The zero-order chi connectivity index (χ0) is 16.2. The topological polar surface area (TPSA) is 67.5 Å². The molecule has 0 bridgehead atoms. The molecule has 1 aromatic carbocycles. The van der Waals surface area contributed by atoms with E-state index in [9.17, 15) is 9.18 Å². The Hall–Kier alpha value is -1.56. The summed E-state index contributed by atoms with van der Waals surface area (Å²) in [4.78, 5) is 16.3. The predicted molar refractivity (Wildman–Crippen MR) is 90.6 cm³/mol. The van der Waals surface area contributed by atoms with Gasteiger partial charge < -0.3 is 11.1 Å². The predicted octanol–water partition coefficient (Wildman–Crippen LogP) is 3.62. The fourth-order valence-corrected chi connectivity index (χ4v) is 3.38. The first kappa shape index (κ1) is 16.8. The van der Waals surface area contributed by atoms with Crippen LogP contribution in [0.4, 0.5) is 10.1 Å². The van der Waals surface area contributed by atoms with Gasteiger partial charge in [-0.05, 0) is 37.5 Å². The molecule has 22 heavy (non-hydrogen) atoms. The van der Waals surface area contributed by atoms with Crippen LogP contribution in [-0.2, 0) is 10.3 Å². The van der Waals surface area contributed by atoms with Crippen LogP contribution in [0, 0.1) is 5.82 Å². The number of benzene rings is 1. The number of halogens is 1. The van der Waals surface area contributed by atoms with E-state index in [0.29, 0.717) is 11.6 Å². The lowest BCUT2D eigenvalue weighted by Crippen LogP contribution is -2.29. The number of thioether (sulfide) groups is 1. The average molecular weight is 323 g/mol. The maximum Gasteiger partial charge on any atom is 0.224 e. The molecule has 1 amide bonds. The van der Waals surface area contributed by atoms with Crippen molar-refractivity contribution in [2.75, 3.05) is 11.1 Å². The molecule has 120 valence electrons. The molecule has 1 aromatic rings. The molecule has 0 spiro atoms. The molecule has 4 nitrogen and oxygen atoms in total. The summed E-state index contributed by atoms with van der Waals surface area (Å²) in [6.45, 7) is 3.99. The monoisotopic (exact) mass is 323 g/mol. The van der Waals surface area contributed by atoms with Gasteiger partial charge in [0, 0.05) is 12.2 Å². The zero-order valence-corrected chi connectivity index (χ0v) is 13.8. The van der Waals surface area contributed by atoms with Crippen molar-refractivity contribution in [1.29, 1.82) is 0 Å². The van der Waals surface area contributed by atoms with Crippen LogP contribution in [0.2, 0.25) is 0 Å². The second-order valence-electron chi connectivity index (χ2n) is 5.67. The molecule has 1 aliphatic heterocycles. The van der Waals surface area contributed by atoms with E-state index in [-0.39, 0.29) is 11.6 Å². The average Bonchev–Trinajstić information content (AvgIpc) is 2.47. The second-order valence-corrected chi connectivity index (χ2v) is 6.78. The van der Waals surface area contributed by atoms with Gasteiger partial charge in [0.15, 0.2) is 5.17 Å². The lowest BCUT2D eigenvalue weighted by Gasteiger charge is -2.30. The largest absolute Gasteiger partial charge is 0.379 e. The highest BCUT2D eigenvalue weighted by molar-refractivity contribution is 8.13. The number of amides is 1. The van der Waals surface area contributed by atoms with E-state index in [1.807, 2.05) is 13.8 Å². The number of nitrogens with one attached hydrogen (secondary N) is 1. The third-order valence-electron chi connectivity index (χ3n) is 3.82. The Bertz CT molecular complexity index is 591. The van der Waals surface area contributed by atoms with E-state index < -0.39 is 11.4 Å². The molecule has 1 heterocycles. The molecule has 1 aliphatic rings. The summed E-state index contributed by atoms with van der Waals surface area (Å²) in [5.74, 6) is 0.283. The van der Waals surface area contributed by atoms with Crippen LogP contribution in [0.15, 0.2) is 23.2 Å². The molecule has 0 radical (unpaired) electrons. The number of nitrogens with two attached hydrogens (primary N) is 1. The molecule has 2 rings (SSSR count). The Morgan fingerprint density at radius 2 is 2.32 bits per heavy atom. The lowest BCUT2D eigenvalue weighted by atomic mass is 9.89. The Labute approximate surface area is 134 Å². The number of anilines is 1. The van der Waals surface area contributed by atoms with Gasteiger partial charge in [-0.2, -0.15) is 0 Å². The van der Waals surface area contributed by atoms with E-state index in [1.54, 1.807) is 12.1 Å². The van der Waals surface area contributed by atoms with E-state index in [4.69, 9.17) is 5.73 Å². The third kappa shape index (κ3) is 4.00. The van der Waals surface area contributed by atoms with E-state index in [1.165, 1.54) is 17.8 Å². The minimum absolute atomic E-state index is 0.162. The van der Waals surface area contributed by atoms with Gasteiger partial charge in [-0.3, -0.25) is 9.79 Å². The molecule has 0 aromatic heterocycles. The van der Waals surface area contributed by atoms with Crippen molar-refractivity contribution in [1.82, 2.24) is 0 Å². The fourth-order valence-electron chi connectivity index (χ4n) is 2.40. The van der Waals surface area contributed by atoms with Gasteiger partial charge in [0.1, 0.15) is 5.82 Å². The minimum atomic E-state index is -0.466. The van der Waals surface area contributed by atoms with Crippen LogP contribution in [0.25, 0.3) is 0 Å². The number of carbonyl (C=O) groups is 1. The number of rotatable bonds is 5. The standard InChI is InChI=1S/C16H22FN3OS/c1-3-4-5-14(21)19-13-10-11(6-7-12(13)17)16(2)8-9-22-15(18)20-16/h6-7,10H,3-5,8-9H2,1-2H3,(H2,18,20)(H,19,21).